The normalized spacial score (nSPS) is 21.5. The van der Waals surface area contributed by atoms with Gasteiger partial charge in [0.25, 0.3) is 5.91 Å². The first kappa shape index (κ1) is 21.1. The predicted molar refractivity (Wildman–Crippen MR) is 109 cm³/mol. The van der Waals surface area contributed by atoms with E-state index >= 15 is 0 Å². The molecule has 0 unspecified atom stereocenters. The van der Waals surface area contributed by atoms with Crippen LogP contribution in [0.25, 0.3) is 0 Å². The number of nitrogens with zero attached hydrogens (tertiary/aromatic N) is 2. The van der Waals surface area contributed by atoms with Crippen LogP contribution in [0.5, 0.6) is 0 Å². The van der Waals surface area contributed by atoms with Crippen LogP contribution in [0.3, 0.4) is 0 Å². The van der Waals surface area contributed by atoms with E-state index in [0.29, 0.717) is 25.1 Å². The Balaban J connectivity index is 1.57. The number of carbonyl (C=O) groups excluding carboxylic acids is 3. The van der Waals surface area contributed by atoms with Gasteiger partial charge in [0.1, 0.15) is 16.1 Å². The van der Waals surface area contributed by atoms with Gasteiger partial charge in [-0.2, -0.15) is 0 Å². The van der Waals surface area contributed by atoms with Crippen LogP contribution in [0, 0.1) is 11.3 Å². The summed E-state index contributed by atoms with van der Waals surface area (Å²) in [7, 11) is 0. The Bertz CT molecular complexity index is 888. The third-order valence-corrected chi connectivity index (χ3v) is 5.72. The number of amides is 3. The van der Waals surface area contributed by atoms with E-state index in [2.05, 4.69) is 15.6 Å². The van der Waals surface area contributed by atoms with Crippen LogP contribution in [0.2, 0.25) is 0 Å². The number of aromatic nitrogens is 1. The molecule has 1 fully saturated rings. The van der Waals surface area contributed by atoms with Gasteiger partial charge in [-0.3, -0.25) is 24.8 Å². The predicted octanol–water partition coefficient (Wildman–Crippen LogP) is 0.771. The van der Waals surface area contributed by atoms with Gasteiger partial charge in [-0.05, 0) is 18.9 Å². The molecule has 1 aromatic heterocycles. The zero-order valence-electron chi connectivity index (χ0n) is 15.3. The van der Waals surface area contributed by atoms with E-state index in [-0.39, 0.29) is 29.8 Å². The van der Waals surface area contributed by atoms with Gasteiger partial charge in [-0.15, -0.1) is 23.2 Å². The maximum Gasteiger partial charge on any atom is 0.267 e. The van der Waals surface area contributed by atoms with E-state index in [9.17, 15) is 14.4 Å². The number of nitrogens with two attached hydrogens (primary N) is 1. The number of hydrogen-bond donors (Lipinski definition) is 4. The van der Waals surface area contributed by atoms with Gasteiger partial charge in [-0.25, -0.2) is 0 Å². The first-order valence-corrected chi connectivity index (χ1v) is 9.66. The number of hydrogen-bond acceptors (Lipinski definition) is 6. The van der Waals surface area contributed by atoms with Crippen LogP contribution in [0.1, 0.15) is 18.4 Å². The highest BCUT2D eigenvalue weighted by atomic mass is 35.5. The van der Waals surface area contributed by atoms with E-state index in [0.717, 1.165) is 0 Å². The van der Waals surface area contributed by atoms with Gasteiger partial charge < -0.3 is 21.3 Å². The lowest BCUT2D eigenvalue weighted by molar-refractivity contribution is -0.135. The largest absolute Gasteiger partial charge is 0.374 e. The van der Waals surface area contributed by atoms with Crippen LogP contribution in [-0.4, -0.2) is 56.8 Å². The van der Waals surface area contributed by atoms with E-state index in [4.69, 9.17) is 34.3 Å². The number of alkyl halides is 2. The van der Waals surface area contributed by atoms with Crippen molar-refractivity contribution in [1.29, 1.82) is 5.41 Å². The third-order valence-electron chi connectivity index (χ3n) is 4.80. The first-order valence-electron chi connectivity index (χ1n) is 8.90. The topological polar surface area (TPSA) is 141 Å². The number of halogens is 2. The fourth-order valence-corrected chi connectivity index (χ4v) is 3.52. The van der Waals surface area contributed by atoms with Crippen LogP contribution >= 0.6 is 23.2 Å². The molecule has 0 spiro atoms. The van der Waals surface area contributed by atoms with Gasteiger partial charge in [0, 0.05) is 30.4 Å². The van der Waals surface area contributed by atoms with Gasteiger partial charge >= 0.3 is 0 Å². The standard InChI is InChI=1S/C18H20Cl2N6O3/c19-18(20)6-10(18)7-25-17(29)13-2-1-5-26(13)14(27)9-24-12-8-23-4-3-11(12)15(21)16(22)28/h1,3-5,8,10,13,21,24H,2,6-7,9H2,(H2,22,28)(H,25,29)/t10-,13-/m0/s1. The lowest BCUT2D eigenvalue weighted by Gasteiger charge is -2.23. The summed E-state index contributed by atoms with van der Waals surface area (Å²) in [5.74, 6) is -1.51. The molecule has 5 N–H and O–H groups in total. The smallest absolute Gasteiger partial charge is 0.267 e. The van der Waals surface area contributed by atoms with Gasteiger partial charge in [0.2, 0.25) is 11.8 Å². The molecule has 1 aromatic rings. The average molecular weight is 439 g/mol. The Hall–Kier alpha value is -2.65. The molecule has 11 heteroatoms. The van der Waals surface area contributed by atoms with E-state index in [1.165, 1.54) is 23.4 Å². The zero-order valence-corrected chi connectivity index (χ0v) is 16.8. The summed E-state index contributed by atoms with van der Waals surface area (Å²) < 4.78 is -0.777. The molecule has 9 nitrogen and oxygen atoms in total. The first-order chi connectivity index (χ1) is 13.7. The summed E-state index contributed by atoms with van der Waals surface area (Å²) in [6.07, 6.45) is 7.14. The minimum absolute atomic E-state index is 0.0135. The Morgan fingerprint density at radius 3 is 2.76 bits per heavy atom. The fourth-order valence-electron chi connectivity index (χ4n) is 2.99. The molecule has 2 heterocycles. The molecule has 0 saturated heterocycles. The van der Waals surface area contributed by atoms with Crippen molar-refractivity contribution in [1.82, 2.24) is 15.2 Å². The summed E-state index contributed by atoms with van der Waals surface area (Å²) in [6, 6.07) is 0.804. The van der Waals surface area contributed by atoms with E-state index < -0.39 is 22.0 Å². The third kappa shape index (κ3) is 4.86. The van der Waals surface area contributed by atoms with Crippen molar-refractivity contribution in [3.63, 3.8) is 0 Å². The summed E-state index contributed by atoms with van der Waals surface area (Å²) in [5.41, 5.74) is 5.32. The van der Waals surface area contributed by atoms with Crippen molar-refractivity contribution in [2.45, 2.75) is 23.2 Å². The van der Waals surface area contributed by atoms with Gasteiger partial charge in [-0.1, -0.05) is 6.08 Å². The Kier molecular flexibility index (Phi) is 6.09. The number of nitrogens with one attached hydrogen (secondary N) is 3. The lowest BCUT2D eigenvalue weighted by atomic mass is 10.1. The highest BCUT2D eigenvalue weighted by Crippen LogP contribution is 2.52. The molecule has 0 bridgehead atoms. The quantitative estimate of drug-likeness (QED) is 0.350. The molecule has 3 amide bonds. The molecule has 1 aliphatic carbocycles. The monoisotopic (exact) mass is 438 g/mol. The Labute approximate surface area is 177 Å². The molecular formula is C18H20Cl2N6O3. The van der Waals surface area contributed by atoms with Crippen molar-refractivity contribution < 1.29 is 14.4 Å². The van der Waals surface area contributed by atoms with E-state index in [1.54, 1.807) is 12.3 Å². The SMILES string of the molecule is N=C(C(N)=O)c1ccncc1NCC(=O)N1C=CC[C@H]1C(=O)NC[C@@H]1CC1(Cl)Cl. The molecule has 2 atom stereocenters. The summed E-state index contributed by atoms with van der Waals surface area (Å²) >= 11 is 11.9. The van der Waals surface area contributed by atoms with Crippen molar-refractivity contribution in [3.8, 4) is 0 Å². The molecule has 0 aromatic carbocycles. The zero-order chi connectivity index (χ0) is 21.2. The van der Waals surface area contributed by atoms with Crippen molar-refractivity contribution in [3.05, 3.63) is 36.3 Å². The summed E-state index contributed by atoms with van der Waals surface area (Å²) in [4.78, 5) is 41.6. The minimum Gasteiger partial charge on any atom is -0.374 e. The van der Waals surface area contributed by atoms with Crippen LogP contribution in [0.15, 0.2) is 30.7 Å². The molecule has 3 rings (SSSR count). The van der Waals surface area contributed by atoms with Gasteiger partial charge in [0.05, 0.1) is 18.4 Å². The van der Waals surface area contributed by atoms with Crippen LogP contribution < -0.4 is 16.4 Å². The Morgan fingerprint density at radius 1 is 1.38 bits per heavy atom. The summed E-state index contributed by atoms with van der Waals surface area (Å²) in [5, 5.41) is 13.4. The molecule has 1 aliphatic heterocycles. The molecule has 0 radical (unpaired) electrons. The molecule has 2 aliphatic rings. The van der Waals surface area contributed by atoms with Crippen molar-refractivity contribution >= 4 is 52.3 Å². The number of carbonyl (C=O) groups is 3. The lowest BCUT2D eigenvalue weighted by Crippen LogP contribution is -2.47. The maximum atomic E-state index is 12.6. The van der Waals surface area contributed by atoms with Gasteiger partial charge in [0.15, 0.2) is 0 Å². The van der Waals surface area contributed by atoms with Crippen LogP contribution in [-0.2, 0) is 14.4 Å². The number of pyridine rings is 1. The van der Waals surface area contributed by atoms with Crippen molar-refractivity contribution in [2.24, 2.45) is 11.7 Å². The highest BCUT2D eigenvalue weighted by molar-refractivity contribution is 6.50. The maximum absolute atomic E-state index is 12.6. The van der Waals surface area contributed by atoms with Crippen LogP contribution in [0.4, 0.5) is 5.69 Å². The number of rotatable bonds is 8. The Morgan fingerprint density at radius 2 is 2.10 bits per heavy atom. The second-order valence-electron chi connectivity index (χ2n) is 6.86. The second kappa shape index (κ2) is 8.38. The number of primary amides is 1. The number of anilines is 1. The average Bonchev–Trinajstić information content (AvgIpc) is 3.07. The molecular weight excluding hydrogens is 419 g/mol. The molecule has 29 heavy (non-hydrogen) atoms. The van der Waals surface area contributed by atoms with E-state index in [1.807, 2.05) is 0 Å². The highest BCUT2D eigenvalue weighted by Gasteiger charge is 2.51. The fraction of sp³-hybridized carbons (Fsp3) is 0.389. The second-order valence-corrected chi connectivity index (χ2v) is 8.40. The summed E-state index contributed by atoms with van der Waals surface area (Å²) in [6.45, 7) is 0.199. The molecule has 154 valence electrons. The minimum atomic E-state index is -0.890. The van der Waals surface area contributed by atoms with Crippen molar-refractivity contribution in [2.75, 3.05) is 18.4 Å². The molecule has 1 saturated carbocycles.